The van der Waals surface area contributed by atoms with Crippen LogP contribution in [0.25, 0.3) is 5.65 Å². The van der Waals surface area contributed by atoms with Crippen molar-refractivity contribution in [1.82, 2.24) is 9.38 Å². The Labute approximate surface area is 130 Å². The lowest BCUT2D eigenvalue weighted by atomic mass is 10.2. The van der Waals surface area contributed by atoms with Gasteiger partial charge in [-0.25, -0.2) is 4.98 Å². The Morgan fingerprint density at radius 1 is 1.18 bits per heavy atom. The Morgan fingerprint density at radius 2 is 1.91 bits per heavy atom. The van der Waals surface area contributed by atoms with Crippen LogP contribution in [0, 0.1) is 6.92 Å². The van der Waals surface area contributed by atoms with Gasteiger partial charge in [0.25, 0.3) is 5.91 Å². The molecule has 0 unspecified atom stereocenters. The summed E-state index contributed by atoms with van der Waals surface area (Å²) in [5.41, 5.74) is 4.26. The second-order valence-electron chi connectivity index (χ2n) is 5.40. The molecular formula is C18H19N3O. The molecule has 3 rings (SSSR count). The summed E-state index contributed by atoms with van der Waals surface area (Å²) in [4.78, 5) is 19.2. The Hall–Kier alpha value is -2.62. The molecular weight excluding hydrogens is 274 g/mol. The van der Waals surface area contributed by atoms with Crippen molar-refractivity contribution in [3.8, 4) is 0 Å². The normalized spacial score (nSPS) is 10.9. The van der Waals surface area contributed by atoms with Crippen molar-refractivity contribution in [2.24, 2.45) is 0 Å². The predicted molar refractivity (Wildman–Crippen MR) is 88.5 cm³/mol. The van der Waals surface area contributed by atoms with Crippen LogP contribution < -0.4 is 4.90 Å². The third-order valence-electron chi connectivity index (χ3n) is 3.82. The maximum atomic E-state index is 13.0. The molecule has 0 aliphatic carbocycles. The summed E-state index contributed by atoms with van der Waals surface area (Å²) in [6, 6.07) is 13.6. The largest absolute Gasteiger partial charge is 0.310 e. The SMILES string of the molecule is CCc1nc2ccc(C)cn2c1C(=O)N(C)c1ccccc1. The highest BCUT2D eigenvalue weighted by Gasteiger charge is 2.22. The van der Waals surface area contributed by atoms with E-state index in [1.165, 1.54) is 0 Å². The lowest BCUT2D eigenvalue weighted by molar-refractivity contribution is 0.0986. The van der Waals surface area contributed by atoms with Crippen LogP contribution in [0.2, 0.25) is 0 Å². The molecule has 0 aliphatic heterocycles. The first kappa shape index (κ1) is 14.3. The van der Waals surface area contributed by atoms with Crippen LogP contribution in [0.4, 0.5) is 5.69 Å². The van der Waals surface area contributed by atoms with Crippen molar-refractivity contribution in [2.75, 3.05) is 11.9 Å². The molecule has 0 fully saturated rings. The first-order chi connectivity index (χ1) is 10.6. The molecule has 112 valence electrons. The van der Waals surface area contributed by atoms with Gasteiger partial charge in [-0.05, 0) is 37.1 Å². The number of carbonyl (C=O) groups is 1. The van der Waals surface area contributed by atoms with E-state index >= 15 is 0 Å². The number of para-hydroxylation sites is 1. The fourth-order valence-corrected chi connectivity index (χ4v) is 2.60. The van der Waals surface area contributed by atoms with Crippen molar-refractivity contribution < 1.29 is 4.79 Å². The highest BCUT2D eigenvalue weighted by atomic mass is 16.2. The Balaban J connectivity index is 2.12. The predicted octanol–water partition coefficient (Wildman–Crippen LogP) is 3.48. The monoisotopic (exact) mass is 293 g/mol. The Morgan fingerprint density at radius 3 is 2.59 bits per heavy atom. The van der Waals surface area contributed by atoms with Gasteiger partial charge in [-0.3, -0.25) is 9.20 Å². The molecule has 2 heterocycles. The van der Waals surface area contributed by atoms with E-state index in [4.69, 9.17) is 0 Å². The lowest BCUT2D eigenvalue weighted by Crippen LogP contribution is -2.28. The maximum absolute atomic E-state index is 13.0. The van der Waals surface area contributed by atoms with Gasteiger partial charge in [0.1, 0.15) is 11.3 Å². The van der Waals surface area contributed by atoms with Gasteiger partial charge >= 0.3 is 0 Å². The molecule has 0 aliphatic rings. The number of hydrogen-bond donors (Lipinski definition) is 0. The van der Waals surface area contributed by atoms with Gasteiger partial charge in [-0.2, -0.15) is 0 Å². The molecule has 0 N–H and O–H groups in total. The molecule has 4 heteroatoms. The first-order valence-electron chi connectivity index (χ1n) is 7.42. The van der Waals surface area contributed by atoms with Crippen molar-refractivity contribution in [1.29, 1.82) is 0 Å². The summed E-state index contributed by atoms with van der Waals surface area (Å²) in [7, 11) is 1.80. The second-order valence-corrected chi connectivity index (χ2v) is 5.40. The summed E-state index contributed by atoms with van der Waals surface area (Å²) in [6.07, 6.45) is 2.69. The zero-order chi connectivity index (χ0) is 15.7. The number of pyridine rings is 1. The number of fused-ring (bicyclic) bond motifs is 1. The lowest BCUT2D eigenvalue weighted by Gasteiger charge is -2.17. The van der Waals surface area contributed by atoms with E-state index in [1.54, 1.807) is 11.9 Å². The molecule has 1 amide bonds. The van der Waals surface area contributed by atoms with Gasteiger partial charge in [0.15, 0.2) is 0 Å². The van der Waals surface area contributed by atoms with Gasteiger partial charge in [0.2, 0.25) is 0 Å². The van der Waals surface area contributed by atoms with E-state index in [9.17, 15) is 4.79 Å². The summed E-state index contributed by atoms with van der Waals surface area (Å²) < 4.78 is 1.90. The van der Waals surface area contributed by atoms with Crippen LogP contribution in [0.1, 0.15) is 28.7 Å². The van der Waals surface area contributed by atoms with Gasteiger partial charge in [-0.1, -0.05) is 31.2 Å². The van der Waals surface area contributed by atoms with Crippen LogP contribution in [-0.2, 0) is 6.42 Å². The van der Waals surface area contributed by atoms with E-state index < -0.39 is 0 Å². The molecule has 0 radical (unpaired) electrons. The number of rotatable bonds is 3. The minimum Gasteiger partial charge on any atom is -0.310 e. The first-order valence-corrected chi connectivity index (χ1v) is 7.42. The van der Waals surface area contributed by atoms with Gasteiger partial charge < -0.3 is 4.90 Å². The van der Waals surface area contributed by atoms with Crippen LogP contribution in [-0.4, -0.2) is 22.3 Å². The highest BCUT2D eigenvalue weighted by Crippen LogP contribution is 2.20. The summed E-state index contributed by atoms with van der Waals surface area (Å²) in [5.74, 6) is -0.0406. The van der Waals surface area contributed by atoms with Crippen molar-refractivity contribution in [3.05, 3.63) is 65.6 Å². The number of anilines is 1. The molecule has 0 saturated heterocycles. The number of aromatic nitrogens is 2. The van der Waals surface area contributed by atoms with Crippen molar-refractivity contribution >= 4 is 17.2 Å². The number of nitrogens with zero attached hydrogens (tertiary/aromatic N) is 3. The summed E-state index contributed by atoms with van der Waals surface area (Å²) in [5, 5.41) is 0. The smallest absolute Gasteiger partial charge is 0.276 e. The molecule has 4 nitrogen and oxygen atoms in total. The van der Waals surface area contributed by atoms with E-state index in [0.29, 0.717) is 5.69 Å². The molecule has 3 aromatic rings. The fraction of sp³-hybridized carbons (Fsp3) is 0.222. The van der Waals surface area contributed by atoms with E-state index in [2.05, 4.69) is 4.98 Å². The van der Waals surface area contributed by atoms with Crippen LogP contribution >= 0.6 is 0 Å². The quantitative estimate of drug-likeness (QED) is 0.741. The van der Waals surface area contributed by atoms with Crippen molar-refractivity contribution in [2.45, 2.75) is 20.3 Å². The number of hydrogen-bond acceptors (Lipinski definition) is 2. The zero-order valence-electron chi connectivity index (χ0n) is 13.1. The number of amides is 1. The highest BCUT2D eigenvalue weighted by molar-refractivity contribution is 6.06. The minimum absolute atomic E-state index is 0.0406. The van der Waals surface area contributed by atoms with Crippen LogP contribution in [0.5, 0.6) is 0 Å². The van der Waals surface area contributed by atoms with Crippen molar-refractivity contribution in [3.63, 3.8) is 0 Å². The molecule has 22 heavy (non-hydrogen) atoms. The second kappa shape index (κ2) is 5.64. The molecule has 0 atom stereocenters. The van der Waals surface area contributed by atoms with Crippen LogP contribution in [0.3, 0.4) is 0 Å². The maximum Gasteiger partial charge on any atom is 0.276 e. The zero-order valence-corrected chi connectivity index (χ0v) is 13.1. The average molecular weight is 293 g/mol. The summed E-state index contributed by atoms with van der Waals surface area (Å²) >= 11 is 0. The number of carbonyl (C=O) groups excluding carboxylic acids is 1. The molecule has 0 spiro atoms. The average Bonchev–Trinajstić information content (AvgIpc) is 2.92. The molecule has 0 saturated carbocycles. The van der Waals surface area contributed by atoms with E-state index in [1.807, 2.05) is 66.9 Å². The molecule has 0 bridgehead atoms. The van der Waals surface area contributed by atoms with Gasteiger partial charge in [0, 0.05) is 18.9 Å². The topological polar surface area (TPSA) is 37.6 Å². The third-order valence-corrected chi connectivity index (χ3v) is 3.82. The standard InChI is InChI=1S/C18H19N3O/c1-4-15-17(21-12-13(2)10-11-16(21)19-15)18(22)20(3)14-8-6-5-7-9-14/h5-12H,4H2,1-3H3. The third kappa shape index (κ3) is 2.37. The number of imidazole rings is 1. The Kier molecular flexibility index (Phi) is 3.67. The fourth-order valence-electron chi connectivity index (χ4n) is 2.60. The van der Waals surface area contributed by atoms with Gasteiger partial charge in [-0.15, -0.1) is 0 Å². The van der Waals surface area contributed by atoms with Gasteiger partial charge in [0.05, 0.1) is 5.69 Å². The number of aryl methyl sites for hydroxylation is 2. The van der Waals surface area contributed by atoms with E-state index in [0.717, 1.165) is 29.0 Å². The van der Waals surface area contributed by atoms with Crippen LogP contribution in [0.15, 0.2) is 48.7 Å². The Bertz CT molecular complexity index is 821. The molecule has 2 aromatic heterocycles. The molecule has 1 aromatic carbocycles. The van der Waals surface area contributed by atoms with E-state index in [-0.39, 0.29) is 5.91 Å². The summed E-state index contributed by atoms with van der Waals surface area (Å²) in [6.45, 7) is 4.04. The minimum atomic E-state index is -0.0406. The number of benzene rings is 1.